The van der Waals surface area contributed by atoms with E-state index in [0.717, 1.165) is 19.5 Å². The van der Waals surface area contributed by atoms with E-state index in [1.807, 2.05) is 17.9 Å². The van der Waals surface area contributed by atoms with Crippen LogP contribution in [0.5, 0.6) is 0 Å². The van der Waals surface area contributed by atoms with Crippen LogP contribution in [0.4, 0.5) is 0 Å². The van der Waals surface area contributed by atoms with Gasteiger partial charge in [0.15, 0.2) is 0 Å². The molecule has 3 heteroatoms. The van der Waals surface area contributed by atoms with Crippen molar-refractivity contribution in [1.82, 2.24) is 9.80 Å². The molecule has 0 N–H and O–H groups in total. The van der Waals surface area contributed by atoms with Gasteiger partial charge in [-0.2, -0.15) is 0 Å². The summed E-state index contributed by atoms with van der Waals surface area (Å²) < 4.78 is 0. The maximum Gasteiger partial charge on any atom is 0.246 e. The van der Waals surface area contributed by atoms with Crippen LogP contribution in [0.15, 0.2) is 12.2 Å². The molecule has 1 atom stereocenters. The van der Waals surface area contributed by atoms with Gasteiger partial charge in [0.1, 0.15) is 0 Å². The van der Waals surface area contributed by atoms with Crippen molar-refractivity contribution in [1.29, 1.82) is 0 Å². The molecular weight excluding hydrogens is 176 g/mol. The molecule has 0 aromatic carbocycles. The summed E-state index contributed by atoms with van der Waals surface area (Å²) >= 11 is 0. The van der Waals surface area contributed by atoms with Crippen LogP contribution >= 0.6 is 0 Å². The first-order valence-corrected chi connectivity index (χ1v) is 5.23. The van der Waals surface area contributed by atoms with Crippen molar-refractivity contribution >= 4 is 5.91 Å². The van der Waals surface area contributed by atoms with Crippen molar-refractivity contribution in [3.63, 3.8) is 0 Å². The van der Waals surface area contributed by atoms with Gasteiger partial charge < -0.3 is 9.80 Å². The lowest BCUT2D eigenvalue weighted by Crippen LogP contribution is -2.47. The quantitative estimate of drug-likeness (QED) is 0.618. The summed E-state index contributed by atoms with van der Waals surface area (Å²) in [5.74, 6) is 0.152. The standard InChI is InChI=1S/C11H20N2O/c1-4-6-11(14)13-8-5-7-10(9-13)12(2)3/h4,6,10H,5,7-9H2,1-3H3. The van der Waals surface area contributed by atoms with Gasteiger partial charge in [0.05, 0.1) is 0 Å². The number of rotatable bonds is 2. The number of piperidine rings is 1. The Hall–Kier alpha value is -0.830. The average molecular weight is 196 g/mol. The lowest BCUT2D eigenvalue weighted by molar-refractivity contribution is -0.127. The molecule has 0 aromatic rings. The van der Waals surface area contributed by atoms with Gasteiger partial charge in [-0.15, -0.1) is 0 Å². The van der Waals surface area contributed by atoms with Gasteiger partial charge >= 0.3 is 0 Å². The highest BCUT2D eigenvalue weighted by Crippen LogP contribution is 2.13. The van der Waals surface area contributed by atoms with E-state index in [1.165, 1.54) is 6.42 Å². The predicted octanol–water partition coefficient (Wildman–Crippen LogP) is 1.12. The SMILES string of the molecule is CC=CC(=O)N1CCCC(N(C)C)C1. The Morgan fingerprint density at radius 3 is 2.79 bits per heavy atom. The van der Waals surface area contributed by atoms with E-state index in [4.69, 9.17) is 0 Å². The molecule has 1 amide bonds. The van der Waals surface area contributed by atoms with Gasteiger partial charge in [-0.25, -0.2) is 0 Å². The van der Waals surface area contributed by atoms with Gasteiger partial charge in [0, 0.05) is 19.1 Å². The van der Waals surface area contributed by atoms with Crippen LogP contribution < -0.4 is 0 Å². The molecule has 14 heavy (non-hydrogen) atoms. The van der Waals surface area contributed by atoms with Gasteiger partial charge in [-0.05, 0) is 39.9 Å². The second-order valence-electron chi connectivity index (χ2n) is 4.04. The van der Waals surface area contributed by atoms with Gasteiger partial charge in [-0.3, -0.25) is 4.79 Å². The molecular formula is C11H20N2O. The molecule has 0 bridgehead atoms. The molecule has 0 aromatic heterocycles. The summed E-state index contributed by atoms with van der Waals surface area (Å²) in [6.45, 7) is 3.66. The van der Waals surface area contributed by atoms with Crippen LogP contribution in [0.25, 0.3) is 0 Å². The first-order valence-electron chi connectivity index (χ1n) is 5.23. The Balaban J connectivity index is 2.51. The van der Waals surface area contributed by atoms with Crippen LogP contribution in [0.1, 0.15) is 19.8 Å². The molecule has 0 saturated carbocycles. The van der Waals surface area contributed by atoms with Crippen molar-refractivity contribution in [2.45, 2.75) is 25.8 Å². The van der Waals surface area contributed by atoms with E-state index in [-0.39, 0.29) is 5.91 Å². The number of hydrogen-bond acceptors (Lipinski definition) is 2. The summed E-state index contributed by atoms with van der Waals surface area (Å²) in [6, 6.07) is 0.526. The van der Waals surface area contributed by atoms with Crippen molar-refractivity contribution in [2.75, 3.05) is 27.2 Å². The fourth-order valence-electron chi connectivity index (χ4n) is 1.82. The highest BCUT2D eigenvalue weighted by molar-refractivity contribution is 5.87. The number of carbonyl (C=O) groups is 1. The fraction of sp³-hybridized carbons (Fsp3) is 0.727. The van der Waals surface area contributed by atoms with Gasteiger partial charge in [0.25, 0.3) is 0 Å². The predicted molar refractivity (Wildman–Crippen MR) is 58.1 cm³/mol. The highest BCUT2D eigenvalue weighted by atomic mass is 16.2. The van der Waals surface area contributed by atoms with Gasteiger partial charge in [-0.1, -0.05) is 6.08 Å². The van der Waals surface area contributed by atoms with Crippen LogP contribution in [0.3, 0.4) is 0 Å². The smallest absolute Gasteiger partial charge is 0.246 e. The van der Waals surface area contributed by atoms with E-state index in [9.17, 15) is 4.79 Å². The molecule has 1 heterocycles. The third-order valence-corrected chi connectivity index (χ3v) is 2.75. The van der Waals surface area contributed by atoms with Crippen LogP contribution in [0, 0.1) is 0 Å². The number of hydrogen-bond donors (Lipinski definition) is 0. The summed E-state index contributed by atoms with van der Waals surface area (Å²) in [6.07, 6.45) is 5.78. The number of likely N-dealkylation sites (N-methyl/N-ethyl adjacent to an activating group) is 1. The highest BCUT2D eigenvalue weighted by Gasteiger charge is 2.23. The van der Waals surface area contributed by atoms with Crippen LogP contribution in [-0.2, 0) is 4.79 Å². The van der Waals surface area contributed by atoms with Crippen molar-refractivity contribution < 1.29 is 4.79 Å². The molecule has 1 saturated heterocycles. The molecule has 0 radical (unpaired) electrons. The van der Waals surface area contributed by atoms with E-state index >= 15 is 0 Å². The van der Waals surface area contributed by atoms with E-state index in [1.54, 1.807) is 6.08 Å². The topological polar surface area (TPSA) is 23.6 Å². The first-order chi connectivity index (χ1) is 6.65. The Morgan fingerprint density at radius 1 is 1.50 bits per heavy atom. The summed E-state index contributed by atoms with van der Waals surface area (Å²) in [5.41, 5.74) is 0. The second kappa shape index (κ2) is 5.15. The molecule has 3 nitrogen and oxygen atoms in total. The second-order valence-corrected chi connectivity index (χ2v) is 4.04. The molecule has 0 spiro atoms. The number of amides is 1. The Morgan fingerprint density at radius 2 is 2.21 bits per heavy atom. The van der Waals surface area contributed by atoms with Crippen LogP contribution in [0.2, 0.25) is 0 Å². The number of allylic oxidation sites excluding steroid dienone is 1. The zero-order chi connectivity index (χ0) is 10.6. The largest absolute Gasteiger partial charge is 0.338 e. The summed E-state index contributed by atoms with van der Waals surface area (Å²) in [4.78, 5) is 15.7. The number of carbonyl (C=O) groups excluding carboxylic acids is 1. The Bertz CT molecular complexity index is 223. The number of nitrogens with zero attached hydrogens (tertiary/aromatic N) is 2. The lowest BCUT2D eigenvalue weighted by Gasteiger charge is -2.35. The minimum Gasteiger partial charge on any atom is -0.338 e. The molecule has 0 aliphatic carbocycles. The lowest BCUT2D eigenvalue weighted by atomic mass is 10.0. The zero-order valence-corrected chi connectivity index (χ0v) is 9.36. The monoisotopic (exact) mass is 196 g/mol. The minimum absolute atomic E-state index is 0.152. The molecule has 1 fully saturated rings. The summed E-state index contributed by atoms with van der Waals surface area (Å²) in [5, 5.41) is 0. The zero-order valence-electron chi connectivity index (χ0n) is 9.36. The maximum absolute atomic E-state index is 11.6. The third-order valence-electron chi connectivity index (χ3n) is 2.75. The van der Waals surface area contributed by atoms with Crippen molar-refractivity contribution in [3.05, 3.63) is 12.2 Å². The van der Waals surface area contributed by atoms with E-state index in [0.29, 0.717) is 6.04 Å². The molecule has 1 unspecified atom stereocenters. The molecule has 1 rings (SSSR count). The summed E-state index contributed by atoms with van der Waals surface area (Å²) in [7, 11) is 4.16. The Labute approximate surface area is 86.4 Å². The Kier molecular flexibility index (Phi) is 4.14. The van der Waals surface area contributed by atoms with E-state index < -0.39 is 0 Å². The maximum atomic E-state index is 11.6. The van der Waals surface area contributed by atoms with Gasteiger partial charge in [0.2, 0.25) is 5.91 Å². The normalized spacial score (nSPS) is 23.4. The third kappa shape index (κ3) is 2.84. The minimum atomic E-state index is 0.152. The van der Waals surface area contributed by atoms with Crippen LogP contribution in [-0.4, -0.2) is 48.9 Å². The first kappa shape index (κ1) is 11.2. The van der Waals surface area contributed by atoms with Crippen molar-refractivity contribution in [2.24, 2.45) is 0 Å². The molecule has 1 aliphatic rings. The van der Waals surface area contributed by atoms with E-state index in [2.05, 4.69) is 19.0 Å². The van der Waals surface area contributed by atoms with Crippen molar-refractivity contribution in [3.8, 4) is 0 Å². The fourth-order valence-corrected chi connectivity index (χ4v) is 1.82. The molecule has 1 aliphatic heterocycles. The average Bonchev–Trinajstić information content (AvgIpc) is 2.18. The molecule has 80 valence electrons. The number of likely N-dealkylation sites (tertiary alicyclic amines) is 1.